The Morgan fingerprint density at radius 3 is 2.65 bits per heavy atom. The van der Waals surface area contributed by atoms with Crippen molar-refractivity contribution in [3.63, 3.8) is 0 Å². The largest absolute Gasteiger partial charge is 0.353 e. The zero-order valence-corrected chi connectivity index (χ0v) is 17.9. The molecule has 0 saturated carbocycles. The molecule has 1 aliphatic heterocycles. The van der Waals surface area contributed by atoms with Gasteiger partial charge in [0.15, 0.2) is 0 Å². The fourth-order valence-corrected chi connectivity index (χ4v) is 5.69. The summed E-state index contributed by atoms with van der Waals surface area (Å²) in [4.78, 5) is 14.3. The Hall–Kier alpha value is -1.33. The van der Waals surface area contributed by atoms with Gasteiger partial charge in [-0.3, -0.25) is 4.79 Å². The predicted molar refractivity (Wildman–Crippen MR) is 112 cm³/mol. The molecule has 0 radical (unpaired) electrons. The van der Waals surface area contributed by atoms with Crippen molar-refractivity contribution < 1.29 is 4.79 Å². The zero-order chi connectivity index (χ0) is 18.5. The molecule has 26 heavy (non-hydrogen) atoms. The van der Waals surface area contributed by atoms with Gasteiger partial charge in [-0.1, -0.05) is 55.3 Å². The Balaban J connectivity index is 1.63. The first-order chi connectivity index (χ1) is 12.4. The van der Waals surface area contributed by atoms with Crippen LogP contribution in [-0.2, 0) is 12.8 Å². The minimum absolute atomic E-state index is 0.0670. The van der Waals surface area contributed by atoms with Crippen LogP contribution in [0.1, 0.15) is 66.1 Å². The molecule has 1 amide bonds. The monoisotopic (exact) mass is 432 g/mol. The summed E-state index contributed by atoms with van der Waals surface area (Å²) in [5.74, 6) is 0.766. The van der Waals surface area contributed by atoms with Gasteiger partial charge in [0.2, 0.25) is 0 Å². The number of benzene rings is 1. The summed E-state index contributed by atoms with van der Waals surface area (Å²) in [5.41, 5.74) is 3.61. The second-order valence-corrected chi connectivity index (χ2v) is 10.1. The van der Waals surface area contributed by atoms with Gasteiger partial charge in [0.1, 0.15) is 11.2 Å². The molecular weight excluding hydrogens is 408 g/mol. The van der Waals surface area contributed by atoms with Gasteiger partial charge in [-0.2, -0.15) is 0 Å². The Morgan fingerprint density at radius 2 is 1.96 bits per heavy atom. The number of rotatable bonds is 3. The number of carbonyl (C=O) groups excluding carboxylic acids is 1. The average molecular weight is 433 g/mol. The van der Waals surface area contributed by atoms with Crippen LogP contribution in [0.3, 0.4) is 0 Å². The van der Waals surface area contributed by atoms with E-state index >= 15 is 0 Å². The molecule has 2 aromatic rings. The van der Waals surface area contributed by atoms with E-state index in [0.717, 1.165) is 33.4 Å². The van der Waals surface area contributed by atoms with Crippen molar-refractivity contribution in [2.45, 2.75) is 52.6 Å². The van der Waals surface area contributed by atoms with Crippen LogP contribution in [0.5, 0.6) is 0 Å². The van der Waals surface area contributed by atoms with E-state index in [1.807, 2.05) is 24.3 Å². The van der Waals surface area contributed by atoms with Crippen LogP contribution in [-0.4, -0.2) is 5.91 Å². The zero-order valence-electron chi connectivity index (χ0n) is 15.5. The fraction of sp³-hybridized carbons (Fsp3) is 0.476. The number of halogens is 1. The highest BCUT2D eigenvalue weighted by molar-refractivity contribution is 9.10. The van der Waals surface area contributed by atoms with E-state index in [9.17, 15) is 4.79 Å². The van der Waals surface area contributed by atoms with Gasteiger partial charge in [-0.15, -0.1) is 11.3 Å². The topological polar surface area (TPSA) is 41.1 Å². The molecular formula is C21H25BrN2OS. The lowest BCUT2D eigenvalue weighted by Gasteiger charge is -2.36. The van der Waals surface area contributed by atoms with Gasteiger partial charge < -0.3 is 10.6 Å². The molecule has 2 N–H and O–H groups in total. The highest BCUT2D eigenvalue weighted by Crippen LogP contribution is 2.46. The summed E-state index contributed by atoms with van der Waals surface area (Å²) in [6.07, 6.45) is 4.34. The third-order valence-electron chi connectivity index (χ3n) is 6.26. The maximum absolute atomic E-state index is 12.9. The minimum atomic E-state index is -0.161. The smallest absolute Gasteiger partial charge is 0.256 e. The summed E-state index contributed by atoms with van der Waals surface area (Å²) < 4.78 is 1.04. The molecule has 4 rings (SSSR count). The van der Waals surface area contributed by atoms with Crippen molar-refractivity contribution in [1.29, 1.82) is 0 Å². The first kappa shape index (κ1) is 18.1. The molecule has 1 aromatic carbocycles. The molecule has 2 atom stereocenters. The van der Waals surface area contributed by atoms with Gasteiger partial charge in [-0.05, 0) is 53.9 Å². The molecule has 5 heteroatoms. The lowest BCUT2D eigenvalue weighted by molar-refractivity contribution is 0.0934. The standard InChI is InChI=1S/C21H25BrN2OS/c1-4-21(2,3)13-7-10-15-16(11-13)26-20-17(15)19(25)23-18(24-20)12-5-8-14(22)9-6-12/h5-6,8-9,13,18,24H,4,7,10-11H2,1-3H3,(H,23,25)/t13-,18-/m0/s1. The van der Waals surface area contributed by atoms with E-state index in [-0.39, 0.29) is 12.1 Å². The molecule has 0 saturated heterocycles. The number of hydrogen-bond donors (Lipinski definition) is 2. The SMILES string of the molecule is CCC(C)(C)[C@H]1CCc2c(sc3c2C(=O)N[C@H](c2ccc(Br)cc2)N3)C1. The number of nitrogens with one attached hydrogen (secondary N) is 2. The Morgan fingerprint density at radius 1 is 1.23 bits per heavy atom. The van der Waals surface area contributed by atoms with Crippen LogP contribution < -0.4 is 10.6 Å². The normalized spacial score (nSPS) is 22.2. The number of anilines is 1. The van der Waals surface area contributed by atoms with Crippen molar-refractivity contribution in [3.05, 3.63) is 50.3 Å². The molecule has 138 valence electrons. The quantitative estimate of drug-likeness (QED) is 0.632. The van der Waals surface area contributed by atoms with Crippen LogP contribution in [0.2, 0.25) is 0 Å². The van der Waals surface area contributed by atoms with Crippen molar-refractivity contribution in [2.24, 2.45) is 11.3 Å². The van der Waals surface area contributed by atoms with E-state index < -0.39 is 0 Å². The number of thiophene rings is 1. The number of fused-ring (bicyclic) bond motifs is 3. The summed E-state index contributed by atoms with van der Waals surface area (Å²) in [7, 11) is 0. The van der Waals surface area contributed by atoms with Crippen molar-refractivity contribution >= 4 is 38.2 Å². The molecule has 0 spiro atoms. The Bertz CT molecular complexity index is 840. The average Bonchev–Trinajstić information content (AvgIpc) is 3.00. The Labute approximate surface area is 167 Å². The van der Waals surface area contributed by atoms with Gasteiger partial charge >= 0.3 is 0 Å². The van der Waals surface area contributed by atoms with Crippen molar-refractivity contribution in [1.82, 2.24) is 5.32 Å². The molecule has 0 fully saturated rings. The van der Waals surface area contributed by atoms with E-state index in [4.69, 9.17) is 0 Å². The molecule has 2 aliphatic rings. The molecule has 1 aromatic heterocycles. The molecule has 2 heterocycles. The van der Waals surface area contributed by atoms with Gasteiger partial charge in [0, 0.05) is 9.35 Å². The second kappa shape index (κ2) is 6.68. The van der Waals surface area contributed by atoms with Gasteiger partial charge in [0.05, 0.1) is 5.56 Å². The third kappa shape index (κ3) is 3.09. The van der Waals surface area contributed by atoms with Crippen LogP contribution in [0.4, 0.5) is 5.00 Å². The van der Waals surface area contributed by atoms with Gasteiger partial charge in [-0.25, -0.2) is 0 Å². The Kier molecular flexibility index (Phi) is 4.64. The lowest BCUT2D eigenvalue weighted by Crippen LogP contribution is -2.38. The van der Waals surface area contributed by atoms with E-state index in [2.05, 4.69) is 47.3 Å². The third-order valence-corrected chi connectivity index (χ3v) is 7.98. The fourth-order valence-electron chi connectivity index (χ4n) is 4.08. The van der Waals surface area contributed by atoms with Crippen LogP contribution in [0.15, 0.2) is 28.7 Å². The van der Waals surface area contributed by atoms with Gasteiger partial charge in [0.25, 0.3) is 5.91 Å². The van der Waals surface area contributed by atoms with Crippen LogP contribution in [0, 0.1) is 11.3 Å². The summed E-state index contributed by atoms with van der Waals surface area (Å²) in [6.45, 7) is 7.04. The predicted octanol–water partition coefficient (Wildman–Crippen LogP) is 5.91. The maximum Gasteiger partial charge on any atom is 0.256 e. The summed E-state index contributed by atoms with van der Waals surface area (Å²) in [5, 5.41) is 7.74. The molecule has 1 aliphatic carbocycles. The molecule has 0 unspecified atom stereocenters. The first-order valence-electron chi connectivity index (χ1n) is 9.36. The van der Waals surface area contributed by atoms with Crippen molar-refractivity contribution in [3.8, 4) is 0 Å². The molecule has 3 nitrogen and oxygen atoms in total. The minimum Gasteiger partial charge on any atom is -0.353 e. The summed E-state index contributed by atoms with van der Waals surface area (Å²) in [6, 6.07) is 8.10. The maximum atomic E-state index is 12.9. The van der Waals surface area contributed by atoms with E-state index in [1.54, 1.807) is 11.3 Å². The summed E-state index contributed by atoms with van der Waals surface area (Å²) >= 11 is 5.26. The van der Waals surface area contributed by atoms with E-state index in [0.29, 0.717) is 11.3 Å². The second-order valence-electron chi connectivity index (χ2n) is 8.09. The first-order valence-corrected chi connectivity index (χ1v) is 11.0. The molecule has 0 bridgehead atoms. The number of amides is 1. The lowest BCUT2D eigenvalue weighted by atomic mass is 9.69. The van der Waals surface area contributed by atoms with Crippen LogP contribution >= 0.6 is 27.3 Å². The highest BCUT2D eigenvalue weighted by Gasteiger charge is 2.37. The number of carbonyl (C=O) groups is 1. The van der Waals surface area contributed by atoms with Crippen molar-refractivity contribution in [2.75, 3.05) is 5.32 Å². The highest BCUT2D eigenvalue weighted by atomic mass is 79.9. The van der Waals surface area contributed by atoms with Crippen LogP contribution in [0.25, 0.3) is 0 Å². The van der Waals surface area contributed by atoms with E-state index in [1.165, 1.54) is 23.3 Å². The number of hydrogen-bond acceptors (Lipinski definition) is 3.